The molecule has 2 unspecified atom stereocenters. The van der Waals surface area contributed by atoms with Crippen LogP contribution in [0.2, 0.25) is 0 Å². The van der Waals surface area contributed by atoms with Gasteiger partial charge in [0.2, 0.25) is 11.8 Å². The Labute approximate surface area is 95.9 Å². The van der Waals surface area contributed by atoms with Crippen LogP contribution in [0.5, 0.6) is 0 Å². The summed E-state index contributed by atoms with van der Waals surface area (Å²) in [5.41, 5.74) is 11.0. The van der Waals surface area contributed by atoms with Crippen LogP contribution in [0, 0.1) is 11.8 Å². The van der Waals surface area contributed by atoms with E-state index in [9.17, 15) is 9.59 Å². The minimum atomic E-state index is -0.598. The molecule has 16 heavy (non-hydrogen) atoms. The maximum Gasteiger partial charge on any atom is 0.240 e. The highest BCUT2D eigenvalue weighted by molar-refractivity contribution is 5.86. The van der Waals surface area contributed by atoms with Gasteiger partial charge >= 0.3 is 0 Å². The standard InChI is InChI=1S/C11H21N3O2/c1-6(2)10(11(13)16)14-9(15)5-8(12)7-3-4-7/h6-8,10H,3-5,12H2,1-2H3,(H2,13,16)(H,14,15). The van der Waals surface area contributed by atoms with Crippen LogP contribution in [0.15, 0.2) is 0 Å². The van der Waals surface area contributed by atoms with Crippen LogP contribution in [0.4, 0.5) is 0 Å². The van der Waals surface area contributed by atoms with Crippen molar-refractivity contribution in [2.75, 3.05) is 0 Å². The van der Waals surface area contributed by atoms with E-state index in [-0.39, 0.29) is 24.3 Å². The lowest BCUT2D eigenvalue weighted by atomic mass is 10.0. The van der Waals surface area contributed by atoms with Crippen molar-refractivity contribution in [3.8, 4) is 0 Å². The fourth-order valence-electron chi connectivity index (χ4n) is 1.70. The third-order valence-corrected chi connectivity index (χ3v) is 2.94. The molecule has 0 spiro atoms. The summed E-state index contributed by atoms with van der Waals surface area (Å²) in [4.78, 5) is 22.7. The maximum absolute atomic E-state index is 11.6. The van der Waals surface area contributed by atoms with E-state index in [2.05, 4.69) is 5.32 Å². The summed E-state index contributed by atoms with van der Waals surface area (Å²) in [5, 5.41) is 2.64. The highest BCUT2D eigenvalue weighted by atomic mass is 16.2. The van der Waals surface area contributed by atoms with Crippen LogP contribution in [-0.4, -0.2) is 23.9 Å². The van der Waals surface area contributed by atoms with Crippen LogP contribution < -0.4 is 16.8 Å². The van der Waals surface area contributed by atoms with Gasteiger partial charge in [0, 0.05) is 12.5 Å². The zero-order valence-electron chi connectivity index (χ0n) is 9.90. The van der Waals surface area contributed by atoms with Crippen molar-refractivity contribution in [2.45, 2.75) is 45.2 Å². The first-order chi connectivity index (χ1) is 7.41. The average Bonchev–Trinajstić information content (AvgIpc) is 2.95. The Morgan fingerprint density at radius 2 is 1.94 bits per heavy atom. The molecule has 0 aromatic heterocycles. The van der Waals surface area contributed by atoms with E-state index in [1.165, 1.54) is 0 Å². The third-order valence-electron chi connectivity index (χ3n) is 2.94. The Hall–Kier alpha value is -1.10. The van der Waals surface area contributed by atoms with E-state index in [1.807, 2.05) is 13.8 Å². The molecule has 5 nitrogen and oxygen atoms in total. The Morgan fingerprint density at radius 3 is 2.31 bits per heavy atom. The zero-order valence-corrected chi connectivity index (χ0v) is 9.90. The molecule has 2 atom stereocenters. The molecule has 2 amide bonds. The number of carbonyl (C=O) groups excluding carboxylic acids is 2. The minimum Gasteiger partial charge on any atom is -0.368 e. The lowest BCUT2D eigenvalue weighted by molar-refractivity contribution is -0.128. The van der Waals surface area contributed by atoms with Gasteiger partial charge in [-0.3, -0.25) is 9.59 Å². The molecule has 0 bridgehead atoms. The van der Waals surface area contributed by atoms with Crippen molar-refractivity contribution in [1.29, 1.82) is 0 Å². The van der Waals surface area contributed by atoms with Crippen LogP contribution in [0.1, 0.15) is 33.1 Å². The summed E-state index contributed by atoms with van der Waals surface area (Å²) in [6, 6.07) is -0.681. The predicted molar refractivity (Wildman–Crippen MR) is 61.3 cm³/mol. The number of carbonyl (C=O) groups is 2. The zero-order chi connectivity index (χ0) is 12.3. The number of hydrogen-bond acceptors (Lipinski definition) is 3. The van der Waals surface area contributed by atoms with Crippen LogP contribution in [-0.2, 0) is 9.59 Å². The fraction of sp³-hybridized carbons (Fsp3) is 0.818. The second kappa shape index (κ2) is 5.30. The quantitative estimate of drug-likeness (QED) is 0.583. The SMILES string of the molecule is CC(C)C(NC(=O)CC(N)C1CC1)C(N)=O. The van der Waals surface area contributed by atoms with Gasteiger partial charge < -0.3 is 16.8 Å². The molecule has 1 aliphatic carbocycles. The molecule has 0 heterocycles. The fourth-order valence-corrected chi connectivity index (χ4v) is 1.70. The van der Waals surface area contributed by atoms with Gasteiger partial charge in [-0.05, 0) is 24.7 Å². The van der Waals surface area contributed by atoms with E-state index in [4.69, 9.17) is 11.5 Å². The van der Waals surface area contributed by atoms with E-state index >= 15 is 0 Å². The molecule has 0 aromatic rings. The largest absolute Gasteiger partial charge is 0.368 e. The van der Waals surface area contributed by atoms with Gasteiger partial charge in [0.1, 0.15) is 6.04 Å². The lowest BCUT2D eigenvalue weighted by Crippen LogP contribution is -2.48. The van der Waals surface area contributed by atoms with Crippen molar-refractivity contribution in [1.82, 2.24) is 5.32 Å². The van der Waals surface area contributed by atoms with E-state index in [1.54, 1.807) is 0 Å². The summed E-state index contributed by atoms with van der Waals surface area (Å²) < 4.78 is 0. The van der Waals surface area contributed by atoms with Gasteiger partial charge in [-0.25, -0.2) is 0 Å². The summed E-state index contributed by atoms with van der Waals surface area (Å²) in [7, 11) is 0. The Kier molecular flexibility index (Phi) is 4.29. The summed E-state index contributed by atoms with van der Waals surface area (Å²) >= 11 is 0. The normalized spacial score (nSPS) is 19.2. The molecule has 5 heteroatoms. The molecular weight excluding hydrogens is 206 g/mol. The molecule has 1 rings (SSSR count). The maximum atomic E-state index is 11.6. The molecule has 1 fully saturated rings. The van der Waals surface area contributed by atoms with Crippen LogP contribution >= 0.6 is 0 Å². The van der Waals surface area contributed by atoms with Crippen molar-refractivity contribution in [2.24, 2.45) is 23.3 Å². The average molecular weight is 227 g/mol. The van der Waals surface area contributed by atoms with Crippen LogP contribution in [0.25, 0.3) is 0 Å². The molecule has 92 valence electrons. The number of hydrogen-bond donors (Lipinski definition) is 3. The number of rotatable bonds is 6. The Balaban J connectivity index is 2.38. The number of nitrogens with one attached hydrogen (secondary N) is 1. The first kappa shape index (κ1) is 13.0. The van der Waals surface area contributed by atoms with Crippen molar-refractivity contribution >= 4 is 11.8 Å². The minimum absolute atomic E-state index is 0.00130. The first-order valence-corrected chi connectivity index (χ1v) is 5.76. The number of amides is 2. The van der Waals surface area contributed by atoms with Crippen molar-refractivity contribution < 1.29 is 9.59 Å². The van der Waals surface area contributed by atoms with Gasteiger partial charge in [-0.1, -0.05) is 13.8 Å². The molecule has 0 aromatic carbocycles. The van der Waals surface area contributed by atoms with Crippen LogP contribution in [0.3, 0.4) is 0 Å². The Morgan fingerprint density at radius 1 is 1.38 bits per heavy atom. The second-order valence-electron chi connectivity index (χ2n) is 4.90. The number of nitrogens with two attached hydrogens (primary N) is 2. The topological polar surface area (TPSA) is 98.2 Å². The summed E-state index contributed by atoms with van der Waals surface area (Å²) in [5.74, 6) is -0.198. The highest BCUT2D eigenvalue weighted by Crippen LogP contribution is 2.32. The van der Waals surface area contributed by atoms with Crippen molar-refractivity contribution in [3.05, 3.63) is 0 Å². The van der Waals surface area contributed by atoms with Gasteiger partial charge in [0.25, 0.3) is 0 Å². The molecule has 1 saturated carbocycles. The lowest BCUT2D eigenvalue weighted by Gasteiger charge is -2.20. The molecular formula is C11H21N3O2. The molecule has 1 aliphatic rings. The molecule has 0 radical (unpaired) electrons. The predicted octanol–water partition coefficient (Wildman–Crippen LogP) is -0.260. The highest BCUT2D eigenvalue weighted by Gasteiger charge is 2.31. The summed E-state index contributed by atoms with van der Waals surface area (Å²) in [6.45, 7) is 3.69. The van der Waals surface area contributed by atoms with Crippen molar-refractivity contribution in [3.63, 3.8) is 0 Å². The third kappa shape index (κ3) is 3.81. The van der Waals surface area contributed by atoms with E-state index < -0.39 is 11.9 Å². The second-order valence-corrected chi connectivity index (χ2v) is 4.90. The van der Waals surface area contributed by atoms with Gasteiger partial charge in [0.05, 0.1) is 0 Å². The van der Waals surface area contributed by atoms with Gasteiger partial charge in [-0.15, -0.1) is 0 Å². The van der Waals surface area contributed by atoms with Gasteiger partial charge in [0.15, 0.2) is 0 Å². The summed E-state index contributed by atoms with van der Waals surface area (Å²) in [6.07, 6.45) is 2.50. The molecule has 5 N–H and O–H groups in total. The van der Waals surface area contributed by atoms with Gasteiger partial charge in [-0.2, -0.15) is 0 Å². The first-order valence-electron chi connectivity index (χ1n) is 5.76. The molecule has 0 saturated heterocycles. The van der Waals surface area contributed by atoms with E-state index in [0.717, 1.165) is 12.8 Å². The molecule has 0 aliphatic heterocycles. The number of primary amides is 1. The van der Waals surface area contributed by atoms with E-state index in [0.29, 0.717) is 5.92 Å². The smallest absolute Gasteiger partial charge is 0.240 e. The monoisotopic (exact) mass is 227 g/mol. The Bertz CT molecular complexity index is 274.